The third-order valence-corrected chi connectivity index (χ3v) is 6.80. The maximum atomic E-state index is 12.5. The summed E-state index contributed by atoms with van der Waals surface area (Å²) in [5.74, 6) is 0.671. The van der Waals surface area contributed by atoms with Gasteiger partial charge in [0.15, 0.2) is 6.29 Å². The molecule has 4 rings (SSSR count). The van der Waals surface area contributed by atoms with Gasteiger partial charge in [-0.15, -0.1) is 0 Å². The Hall–Kier alpha value is -1.63. The van der Waals surface area contributed by atoms with Crippen molar-refractivity contribution in [1.29, 1.82) is 0 Å². The highest BCUT2D eigenvalue weighted by atomic mass is 16.7. The molecule has 2 heterocycles. The number of fused-ring (bicyclic) bond motifs is 1. The predicted molar refractivity (Wildman–Crippen MR) is 104 cm³/mol. The molecular formula is C22H31NO5. The van der Waals surface area contributed by atoms with Gasteiger partial charge in [-0.25, -0.2) is 4.79 Å². The molecule has 5 unspecified atom stereocenters. The van der Waals surface area contributed by atoms with Crippen LogP contribution in [-0.4, -0.2) is 50.2 Å². The number of methoxy groups -OCH3 is 2. The molecule has 0 N–H and O–H groups in total. The van der Waals surface area contributed by atoms with Gasteiger partial charge >= 0.3 is 5.97 Å². The number of carbonyl (C=O) groups excluding carboxylic acids is 1. The minimum Gasteiger partial charge on any atom is -0.465 e. The fourth-order valence-corrected chi connectivity index (χ4v) is 5.35. The average molecular weight is 389 g/mol. The van der Waals surface area contributed by atoms with E-state index in [-0.39, 0.29) is 18.5 Å². The molecule has 28 heavy (non-hydrogen) atoms. The summed E-state index contributed by atoms with van der Waals surface area (Å²) in [6, 6.07) is 6.07. The van der Waals surface area contributed by atoms with Crippen molar-refractivity contribution >= 4 is 5.97 Å². The van der Waals surface area contributed by atoms with Crippen LogP contribution in [0.5, 0.6) is 5.75 Å². The van der Waals surface area contributed by atoms with Crippen molar-refractivity contribution in [3.05, 3.63) is 29.3 Å². The Balaban J connectivity index is 1.68. The molecule has 2 fully saturated rings. The summed E-state index contributed by atoms with van der Waals surface area (Å²) < 4.78 is 23.0. The number of benzene rings is 1. The van der Waals surface area contributed by atoms with Crippen LogP contribution >= 0.6 is 0 Å². The molecule has 0 radical (unpaired) electrons. The van der Waals surface area contributed by atoms with Gasteiger partial charge in [0.2, 0.25) is 0 Å². The third-order valence-electron chi connectivity index (χ3n) is 6.80. The number of hydrogen-bond donors (Lipinski definition) is 0. The SMILES string of the molecule is COC(=O)c1cccc2c1C(C)(C1CCCC(N3CCC3OC)C1)OC(C)O2. The van der Waals surface area contributed by atoms with E-state index in [1.165, 1.54) is 13.5 Å². The summed E-state index contributed by atoms with van der Waals surface area (Å²) in [6.07, 6.45) is 5.41. The van der Waals surface area contributed by atoms with Crippen molar-refractivity contribution in [3.8, 4) is 5.75 Å². The topological polar surface area (TPSA) is 57.2 Å². The highest BCUT2D eigenvalue weighted by Gasteiger charge is 2.49. The van der Waals surface area contributed by atoms with Crippen molar-refractivity contribution in [2.75, 3.05) is 20.8 Å². The number of rotatable bonds is 4. The smallest absolute Gasteiger partial charge is 0.338 e. The van der Waals surface area contributed by atoms with Crippen molar-refractivity contribution in [2.24, 2.45) is 5.92 Å². The molecule has 1 aromatic rings. The molecule has 1 aromatic carbocycles. The van der Waals surface area contributed by atoms with Crippen LogP contribution in [-0.2, 0) is 19.8 Å². The molecule has 3 aliphatic rings. The van der Waals surface area contributed by atoms with Gasteiger partial charge in [0, 0.05) is 25.3 Å². The second-order valence-electron chi connectivity index (χ2n) is 8.31. The van der Waals surface area contributed by atoms with Crippen molar-refractivity contribution < 1.29 is 23.7 Å². The normalized spacial score (nSPS) is 35.4. The van der Waals surface area contributed by atoms with E-state index in [2.05, 4.69) is 11.8 Å². The van der Waals surface area contributed by atoms with Gasteiger partial charge < -0.3 is 18.9 Å². The first-order valence-corrected chi connectivity index (χ1v) is 10.3. The highest BCUT2D eigenvalue weighted by Crippen LogP contribution is 2.50. The van der Waals surface area contributed by atoms with Crippen LogP contribution in [0.1, 0.15) is 61.9 Å². The molecule has 1 aliphatic carbocycles. The lowest BCUT2D eigenvalue weighted by atomic mass is 9.70. The van der Waals surface area contributed by atoms with E-state index >= 15 is 0 Å². The van der Waals surface area contributed by atoms with Gasteiger partial charge in [-0.05, 0) is 57.6 Å². The van der Waals surface area contributed by atoms with Crippen LogP contribution < -0.4 is 4.74 Å². The van der Waals surface area contributed by atoms with Crippen LogP contribution in [0.4, 0.5) is 0 Å². The number of ether oxygens (including phenoxy) is 4. The third kappa shape index (κ3) is 3.21. The number of likely N-dealkylation sites (tertiary alicyclic amines) is 1. The van der Waals surface area contributed by atoms with Crippen molar-refractivity contribution in [1.82, 2.24) is 4.90 Å². The van der Waals surface area contributed by atoms with Gasteiger partial charge in [0.05, 0.1) is 12.7 Å². The average Bonchev–Trinajstić information content (AvgIpc) is 2.66. The molecule has 5 atom stereocenters. The lowest BCUT2D eigenvalue weighted by Crippen LogP contribution is -2.56. The summed E-state index contributed by atoms with van der Waals surface area (Å²) >= 11 is 0. The Kier molecular flexibility index (Phi) is 5.38. The zero-order valence-electron chi connectivity index (χ0n) is 17.3. The first kappa shape index (κ1) is 19.7. The summed E-state index contributed by atoms with van der Waals surface area (Å²) in [5.41, 5.74) is 0.775. The Labute approximate surface area is 167 Å². The molecule has 2 aliphatic heterocycles. The van der Waals surface area contributed by atoms with E-state index in [9.17, 15) is 4.79 Å². The zero-order chi connectivity index (χ0) is 19.9. The van der Waals surface area contributed by atoms with Gasteiger partial charge in [0.1, 0.15) is 17.6 Å². The van der Waals surface area contributed by atoms with E-state index in [0.717, 1.165) is 43.5 Å². The van der Waals surface area contributed by atoms with Crippen LogP contribution in [0.15, 0.2) is 18.2 Å². The van der Waals surface area contributed by atoms with Crippen molar-refractivity contribution in [3.63, 3.8) is 0 Å². The van der Waals surface area contributed by atoms with Crippen LogP contribution in [0, 0.1) is 5.92 Å². The zero-order valence-corrected chi connectivity index (χ0v) is 17.3. The molecule has 0 bridgehead atoms. The second-order valence-corrected chi connectivity index (χ2v) is 8.31. The van der Waals surface area contributed by atoms with Crippen molar-refractivity contribution in [2.45, 2.75) is 70.1 Å². The Morgan fingerprint density at radius 1 is 1.25 bits per heavy atom. The van der Waals surface area contributed by atoms with E-state index in [1.807, 2.05) is 25.1 Å². The van der Waals surface area contributed by atoms with E-state index in [1.54, 1.807) is 7.11 Å². The minimum atomic E-state index is -0.593. The Morgan fingerprint density at radius 2 is 2.07 bits per heavy atom. The summed E-state index contributed by atoms with van der Waals surface area (Å²) in [7, 11) is 3.21. The number of esters is 1. The lowest BCUT2D eigenvalue weighted by Gasteiger charge is -2.51. The van der Waals surface area contributed by atoms with Gasteiger partial charge in [-0.2, -0.15) is 0 Å². The van der Waals surface area contributed by atoms with Crippen LogP contribution in [0.3, 0.4) is 0 Å². The first-order chi connectivity index (χ1) is 13.5. The maximum Gasteiger partial charge on any atom is 0.338 e. The van der Waals surface area contributed by atoms with Crippen LogP contribution in [0.2, 0.25) is 0 Å². The standard InChI is InChI=1S/C22H31NO5/c1-14-27-18-10-6-9-17(21(24)26-4)20(18)22(2,28-14)15-7-5-8-16(13-15)23-12-11-19(23)25-3/h6,9-10,14-16,19H,5,7-8,11-13H2,1-4H3. The molecule has 154 valence electrons. The summed E-state index contributed by atoms with van der Waals surface area (Å²) in [6.45, 7) is 5.13. The van der Waals surface area contributed by atoms with E-state index in [0.29, 0.717) is 17.5 Å². The largest absolute Gasteiger partial charge is 0.465 e. The van der Waals surface area contributed by atoms with E-state index < -0.39 is 5.60 Å². The lowest BCUT2D eigenvalue weighted by molar-refractivity contribution is -0.214. The first-order valence-electron chi connectivity index (χ1n) is 10.3. The molecule has 0 amide bonds. The minimum absolute atomic E-state index is 0.240. The number of carbonyl (C=O) groups is 1. The quantitative estimate of drug-likeness (QED) is 0.732. The van der Waals surface area contributed by atoms with Gasteiger partial charge in [-0.1, -0.05) is 12.5 Å². The van der Waals surface area contributed by atoms with Gasteiger partial charge in [0.25, 0.3) is 0 Å². The van der Waals surface area contributed by atoms with Crippen LogP contribution in [0.25, 0.3) is 0 Å². The fourth-order valence-electron chi connectivity index (χ4n) is 5.35. The number of hydrogen-bond acceptors (Lipinski definition) is 6. The molecule has 6 nitrogen and oxygen atoms in total. The fraction of sp³-hybridized carbons (Fsp3) is 0.682. The highest BCUT2D eigenvalue weighted by molar-refractivity contribution is 5.92. The molecule has 1 saturated carbocycles. The summed E-state index contributed by atoms with van der Waals surface area (Å²) in [5, 5.41) is 0. The summed E-state index contributed by atoms with van der Waals surface area (Å²) in [4.78, 5) is 15.0. The molecule has 0 aromatic heterocycles. The monoisotopic (exact) mass is 389 g/mol. The van der Waals surface area contributed by atoms with Gasteiger partial charge in [-0.3, -0.25) is 4.90 Å². The second kappa shape index (κ2) is 7.65. The number of nitrogens with zero attached hydrogens (tertiary/aromatic N) is 1. The molecule has 0 spiro atoms. The maximum absolute atomic E-state index is 12.5. The molecule has 6 heteroatoms. The van der Waals surface area contributed by atoms with E-state index in [4.69, 9.17) is 18.9 Å². The Morgan fingerprint density at radius 3 is 2.75 bits per heavy atom. The molecular weight excluding hydrogens is 358 g/mol. The molecule has 1 saturated heterocycles. The Bertz CT molecular complexity index is 736. The predicted octanol–water partition coefficient (Wildman–Crippen LogP) is 3.68.